The summed E-state index contributed by atoms with van der Waals surface area (Å²) in [5, 5.41) is 0. The largest absolute Gasteiger partial charge is 0.379 e. The van der Waals surface area contributed by atoms with Gasteiger partial charge in [-0.15, -0.1) is 0 Å². The minimum absolute atomic E-state index is 0.0104. The summed E-state index contributed by atoms with van der Waals surface area (Å²) in [5.74, 6) is 0. The van der Waals surface area contributed by atoms with Crippen LogP contribution in [0.4, 0.5) is 4.39 Å². The lowest BCUT2D eigenvalue weighted by atomic mass is 10.7. The SMILES string of the molecule is COCC(F)OC. The van der Waals surface area contributed by atoms with E-state index in [1.54, 1.807) is 0 Å². The minimum Gasteiger partial charge on any atom is -0.379 e. The second kappa shape index (κ2) is 4.02. The van der Waals surface area contributed by atoms with Crippen LogP contribution in [0.25, 0.3) is 0 Å². The molecule has 0 aliphatic carbocycles. The van der Waals surface area contributed by atoms with Crippen molar-refractivity contribution in [3.8, 4) is 0 Å². The fraction of sp³-hybridized carbons (Fsp3) is 1.00. The van der Waals surface area contributed by atoms with Crippen LogP contribution in [0.15, 0.2) is 0 Å². The highest BCUT2D eigenvalue weighted by molar-refractivity contribution is 4.30. The number of ether oxygens (including phenoxy) is 2. The first-order valence-corrected chi connectivity index (χ1v) is 1.97. The van der Waals surface area contributed by atoms with E-state index in [-0.39, 0.29) is 6.61 Å². The van der Waals surface area contributed by atoms with Gasteiger partial charge in [0.15, 0.2) is 0 Å². The van der Waals surface area contributed by atoms with Crippen molar-refractivity contribution in [2.75, 3.05) is 20.8 Å². The second-order valence-corrected chi connectivity index (χ2v) is 1.10. The fourth-order valence-corrected chi connectivity index (χ4v) is 0.199. The topological polar surface area (TPSA) is 18.5 Å². The van der Waals surface area contributed by atoms with Crippen LogP contribution < -0.4 is 0 Å². The van der Waals surface area contributed by atoms with Crippen molar-refractivity contribution in [1.29, 1.82) is 0 Å². The zero-order valence-corrected chi connectivity index (χ0v) is 4.48. The number of alkyl halides is 1. The molecule has 0 aromatic heterocycles. The number of hydrogen-bond donors (Lipinski definition) is 0. The van der Waals surface area contributed by atoms with Crippen LogP contribution in [-0.4, -0.2) is 27.2 Å². The van der Waals surface area contributed by atoms with Gasteiger partial charge in [-0.05, 0) is 0 Å². The molecule has 0 rings (SSSR count). The summed E-state index contributed by atoms with van der Waals surface area (Å²) >= 11 is 0. The Hall–Kier alpha value is -0.150. The Balaban J connectivity index is 2.83. The number of methoxy groups -OCH3 is 2. The molecule has 0 radical (unpaired) electrons. The number of hydrogen-bond acceptors (Lipinski definition) is 2. The third-order valence-electron chi connectivity index (χ3n) is 0.553. The summed E-state index contributed by atoms with van der Waals surface area (Å²) in [6.45, 7) is 0.0104. The average Bonchev–Trinajstić information content (AvgIpc) is 1.68. The summed E-state index contributed by atoms with van der Waals surface area (Å²) in [6, 6.07) is 0. The Morgan fingerprint density at radius 3 is 2.29 bits per heavy atom. The molecule has 0 aliphatic rings. The normalized spacial score (nSPS) is 14.1. The van der Waals surface area contributed by atoms with Crippen LogP contribution in [0.3, 0.4) is 0 Å². The van der Waals surface area contributed by atoms with E-state index in [4.69, 9.17) is 0 Å². The lowest BCUT2D eigenvalue weighted by Crippen LogP contribution is -2.09. The van der Waals surface area contributed by atoms with E-state index >= 15 is 0 Å². The Labute approximate surface area is 42.2 Å². The maximum Gasteiger partial charge on any atom is 0.222 e. The Morgan fingerprint density at radius 1 is 1.57 bits per heavy atom. The van der Waals surface area contributed by atoms with Crippen molar-refractivity contribution >= 4 is 0 Å². The summed E-state index contributed by atoms with van der Waals surface area (Å²) in [5.41, 5.74) is 0. The van der Waals surface area contributed by atoms with Crippen LogP contribution in [0, 0.1) is 0 Å². The van der Waals surface area contributed by atoms with Gasteiger partial charge < -0.3 is 9.47 Å². The van der Waals surface area contributed by atoms with Gasteiger partial charge in [-0.3, -0.25) is 0 Å². The molecule has 0 bridgehead atoms. The molecule has 0 saturated heterocycles. The Kier molecular flexibility index (Phi) is 3.93. The van der Waals surface area contributed by atoms with Gasteiger partial charge in [-0.1, -0.05) is 0 Å². The molecule has 0 N–H and O–H groups in total. The van der Waals surface area contributed by atoms with E-state index in [1.165, 1.54) is 14.2 Å². The maximum absolute atomic E-state index is 11.8. The molecule has 0 aromatic carbocycles. The molecule has 44 valence electrons. The summed E-state index contributed by atoms with van der Waals surface area (Å²) in [6.07, 6.45) is -1.27. The molecule has 1 atom stereocenters. The van der Waals surface area contributed by atoms with Crippen molar-refractivity contribution in [1.82, 2.24) is 0 Å². The quantitative estimate of drug-likeness (QED) is 0.526. The van der Waals surface area contributed by atoms with Crippen molar-refractivity contribution in [2.24, 2.45) is 0 Å². The predicted octanol–water partition coefficient (Wildman–Crippen LogP) is 0.575. The molecular weight excluding hydrogens is 99.0 g/mol. The molecular formula is C4H9FO2. The molecule has 1 unspecified atom stereocenters. The van der Waals surface area contributed by atoms with Gasteiger partial charge >= 0.3 is 0 Å². The molecule has 0 heterocycles. The molecule has 0 aliphatic heterocycles. The summed E-state index contributed by atoms with van der Waals surface area (Å²) < 4.78 is 20.4. The number of rotatable bonds is 3. The van der Waals surface area contributed by atoms with E-state index in [0.717, 1.165) is 0 Å². The van der Waals surface area contributed by atoms with E-state index in [0.29, 0.717) is 0 Å². The molecule has 3 heteroatoms. The van der Waals surface area contributed by atoms with Crippen LogP contribution >= 0.6 is 0 Å². The second-order valence-electron chi connectivity index (χ2n) is 1.10. The van der Waals surface area contributed by atoms with E-state index in [9.17, 15) is 4.39 Å². The standard InChI is InChI=1S/C4H9FO2/c1-6-3-4(5)7-2/h4H,3H2,1-2H3. The zero-order valence-electron chi connectivity index (χ0n) is 4.48. The smallest absolute Gasteiger partial charge is 0.222 e. The first-order valence-electron chi connectivity index (χ1n) is 1.97. The van der Waals surface area contributed by atoms with Gasteiger partial charge in [-0.25, -0.2) is 4.39 Å². The van der Waals surface area contributed by atoms with Gasteiger partial charge in [0.2, 0.25) is 6.36 Å². The van der Waals surface area contributed by atoms with Crippen LogP contribution in [0.2, 0.25) is 0 Å². The predicted molar refractivity (Wildman–Crippen MR) is 23.8 cm³/mol. The van der Waals surface area contributed by atoms with Gasteiger partial charge in [0.1, 0.15) is 6.61 Å². The third kappa shape index (κ3) is 3.69. The highest BCUT2D eigenvalue weighted by Crippen LogP contribution is 1.88. The van der Waals surface area contributed by atoms with Gasteiger partial charge in [0.05, 0.1) is 0 Å². The maximum atomic E-state index is 11.8. The van der Waals surface area contributed by atoms with Gasteiger partial charge in [0.25, 0.3) is 0 Å². The van der Waals surface area contributed by atoms with Crippen LogP contribution in [0.5, 0.6) is 0 Å². The van der Waals surface area contributed by atoms with Crippen molar-refractivity contribution in [3.05, 3.63) is 0 Å². The molecule has 0 amide bonds. The molecule has 0 saturated carbocycles. The van der Waals surface area contributed by atoms with E-state index in [1.807, 2.05) is 0 Å². The van der Waals surface area contributed by atoms with Gasteiger partial charge in [0, 0.05) is 14.2 Å². The highest BCUT2D eigenvalue weighted by Gasteiger charge is 1.98. The lowest BCUT2D eigenvalue weighted by Gasteiger charge is -2.01. The van der Waals surface area contributed by atoms with E-state index in [2.05, 4.69) is 9.47 Å². The molecule has 0 aromatic rings. The minimum atomic E-state index is -1.27. The summed E-state index contributed by atoms with van der Waals surface area (Å²) in [4.78, 5) is 0. The first-order chi connectivity index (χ1) is 3.31. The highest BCUT2D eigenvalue weighted by atomic mass is 19.1. The molecule has 0 spiro atoms. The number of halogens is 1. The van der Waals surface area contributed by atoms with Crippen molar-refractivity contribution in [3.63, 3.8) is 0 Å². The summed E-state index contributed by atoms with van der Waals surface area (Å²) in [7, 11) is 2.72. The Morgan fingerprint density at radius 2 is 2.14 bits per heavy atom. The van der Waals surface area contributed by atoms with Crippen molar-refractivity contribution in [2.45, 2.75) is 6.36 Å². The lowest BCUT2D eigenvalue weighted by molar-refractivity contribution is -0.0546. The fourth-order valence-electron chi connectivity index (χ4n) is 0.199. The third-order valence-corrected chi connectivity index (χ3v) is 0.553. The van der Waals surface area contributed by atoms with Crippen LogP contribution in [-0.2, 0) is 9.47 Å². The van der Waals surface area contributed by atoms with Gasteiger partial charge in [-0.2, -0.15) is 0 Å². The van der Waals surface area contributed by atoms with E-state index < -0.39 is 6.36 Å². The average molecular weight is 108 g/mol. The first kappa shape index (κ1) is 6.85. The van der Waals surface area contributed by atoms with Crippen LogP contribution in [0.1, 0.15) is 0 Å². The monoisotopic (exact) mass is 108 g/mol. The zero-order chi connectivity index (χ0) is 5.70. The Bertz CT molecular complexity index is 40.7. The molecule has 7 heavy (non-hydrogen) atoms. The van der Waals surface area contributed by atoms with Crippen molar-refractivity contribution < 1.29 is 13.9 Å². The molecule has 0 fully saturated rings. The molecule has 2 nitrogen and oxygen atoms in total.